The molecule has 0 amide bonds. The van der Waals surface area contributed by atoms with E-state index in [2.05, 4.69) is 18.8 Å². The second-order valence-electron chi connectivity index (χ2n) is 5.25. The third kappa shape index (κ3) is 4.18. The van der Waals surface area contributed by atoms with Gasteiger partial charge in [-0.3, -0.25) is 0 Å². The second kappa shape index (κ2) is 7.22. The van der Waals surface area contributed by atoms with Crippen LogP contribution in [0.25, 0.3) is 10.9 Å². The van der Waals surface area contributed by atoms with E-state index in [-0.39, 0.29) is 0 Å². The summed E-state index contributed by atoms with van der Waals surface area (Å²) in [5, 5.41) is 1.08. The number of fused-ring (bicyclic) bond motifs is 1. The zero-order valence-electron chi connectivity index (χ0n) is 12.1. The van der Waals surface area contributed by atoms with Crippen LogP contribution in [-0.4, -0.2) is 24.8 Å². The highest BCUT2D eigenvalue weighted by molar-refractivity contribution is 5.81. The van der Waals surface area contributed by atoms with Crippen LogP contribution in [-0.2, 0) is 16.1 Å². The Bertz CT molecular complexity index is 555. The van der Waals surface area contributed by atoms with Crippen LogP contribution in [0.1, 0.15) is 19.4 Å². The minimum absolute atomic E-state index is 0.467. The van der Waals surface area contributed by atoms with Gasteiger partial charge in [-0.05, 0) is 18.1 Å². The largest absolute Gasteiger partial charge is 0.383 e. The number of nitrogen functional groups attached to an aromatic ring is 1. The number of nitrogens with zero attached hydrogens (tertiary/aromatic N) is 1. The van der Waals surface area contributed by atoms with Crippen LogP contribution in [0, 0.1) is 5.92 Å². The van der Waals surface area contributed by atoms with Gasteiger partial charge in [0.1, 0.15) is 5.82 Å². The maximum absolute atomic E-state index is 5.94. The van der Waals surface area contributed by atoms with E-state index in [1.165, 1.54) is 0 Å². The Labute approximate surface area is 119 Å². The Morgan fingerprint density at radius 2 is 1.90 bits per heavy atom. The SMILES string of the molecule is CC(C)COCCOCc1cc2ccccc2nc1N. The number of rotatable bonds is 7. The zero-order chi connectivity index (χ0) is 14.4. The standard InChI is InChI=1S/C16H22N2O2/c1-12(2)10-19-7-8-20-11-14-9-13-5-3-4-6-15(13)18-16(14)17/h3-6,9,12H,7-8,10-11H2,1-2H3,(H2,17,18). The number of para-hydroxylation sites is 1. The quantitative estimate of drug-likeness (QED) is 0.788. The molecule has 2 rings (SSSR count). The van der Waals surface area contributed by atoms with Gasteiger partial charge in [-0.2, -0.15) is 0 Å². The molecule has 2 aromatic rings. The lowest BCUT2D eigenvalue weighted by molar-refractivity contribution is 0.0316. The lowest BCUT2D eigenvalue weighted by atomic mass is 10.1. The molecule has 4 heteroatoms. The van der Waals surface area contributed by atoms with Gasteiger partial charge >= 0.3 is 0 Å². The topological polar surface area (TPSA) is 57.4 Å². The molecule has 0 saturated carbocycles. The van der Waals surface area contributed by atoms with Crippen LogP contribution in [0.3, 0.4) is 0 Å². The molecule has 0 aliphatic rings. The molecule has 20 heavy (non-hydrogen) atoms. The normalized spacial score (nSPS) is 11.3. The van der Waals surface area contributed by atoms with Gasteiger partial charge < -0.3 is 15.2 Å². The maximum atomic E-state index is 5.94. The van der Waals surface area contributed by atoms with Gasteiger partial charge in [-0.1, -0.05) is 32.0 Å². The van der Waals surface area contributed by atoms with Crippen molar-refractivity contribution < 1.29 is 9.47 Å². The average molecular weight is 274 g/mol. The Morgan fingerprint density at radius 1 is 1.15 bits per heavy atom. The van der Waals surface area contributed by atoms with Crippen LogP contribution >= 0.6 is 0 Å². The van der Waals surface area contributed by atoms with Gasteiger partial charge in [-0.15, -0.1) is 0 Å². The molecule has 0 spiro atoms. The fourth-order valence-corrected chi connectivity index (χ4v) is 1.91. The van der Waals surface area contributed by atoms with Gasteiger partial charge in [0, 0.05) is 17.6 Å². The molecule has 1 aromatic heterocycles. The van der Waals surface area contributed by atoms with Crippen molar-refractivity contribution in [2.75, 3.05) is 25.6 Å². The van der Waals surface area contributed by atoms with Crippen molar-refractivity contribution in [3.8, 4) is 0 Å². The van der Waals surface area contributed by atoms with E-state index in [0.29, 0.717) is 31.6 Å². The first-order valence-electron chi connectivity index (χ1n) is 6.96. The van der Waals surface area contributed by atoms with Gasteiger partial charge in [-0.25, -0.2) is 4.98 Å². The first-order valence-corrected chi connectivity index (χ1v) is 6.96. The Morgan fingerprint density at radius 3 is 2.70 bits per heavy atom. The predicted molar refractivity (Wildman–Crippen MR) is 81.5 cm³/mol. The van der Waals surface area contributed by atoms with Crippen LogP contribution in [0.4, 0.5) is 5.82 Å². The van der Waals surface area contributed by atoms with Crippen molar-refractivity contribution in [3.05, 3.63) is 35.9 Å². The molecule has 0 unspecified atom stereocenters. The van der Waals surface area contributed by atoms with Crippen LogP contribution in [0.15, 0.2) is 30.3 Å². The van der Waals surface area contributed by atoms with Gasteiger partial charge in [0.15, 0.2) is 0 Å². The molecule has 1 aromatic carbocycles. The number of benzene rings is 1. The second-order valence-corrected chi connectivity index (χ2v) is 5.25. The van der Waals surface area contributed by atoms with E-state index >= 15 is 0 Å². The van der Waals surface area contributed by atoms with Crippen LogP contribution in [0.5, 0.6) is 0 Å². The minimum Gasteiger partial charge on any atom is -0.383 e. The van der Waals surface area contributed by atoms with Gasteiger partial charge in [0.05, 0.1) is 25.3 Å². The Balaban J connectivity index is 1.85. The molecule has 1 heterocycles. The summed E-state index contributed by atoms with van der Waals surface area (Å²) in [6.45, 7) is 6.67. The lowest BCUT2D eigenvalue weighted by Crippen LogP contribution is -2.09. The number of hydrogen-bond acceptors (Lipinski definition) is 4. The van der Waals surface area contributed by atoms with E-state index in [1.807, 2.05) is 30.3 Å². The van der Waals surface area contributed by atoms with Crippen molar-refractivity contribution in [2.24, 2.45) is 5.92 Å². The summed E-state index contributed by atoms with van der Waals surface area (Å²) in [6.07, 6.45) is 0. The fourth-order valence-electron chi connectivity index (χ4n) is 1.91. The molecular formula is C16H22N2O2. The smallest absolute Gasteiger partial charge is 0.129 e. The number of hydrogen-bond donors (Lipinski definition) is 1. The summed E-state index contributed by atoms with van der Waals surface area (Å²) in [4.78, 5) is 4.38. The minimum atomic E-state index is 0.467. The molecular weight excluding hydrogens is 252 g/mol. The summed E-state index contributed by atoms with van der Waals surface area (Å²) in [6, 6.07) is 9.96. The number of aromatic nitrogens is 1. The zero-order valence-corrected chi connectivity index (χ0v) is 12.1. The highest BCUT2D eigenvalue weighted by Crippen LogP contribution is 2.18. The van der Waals surface area contributed by atoms with E-state index in [0.717, 1.165) is 23.1 Å². The van der Waals surface area contributed by atoms with E-state index in [9.17, 15) is 0 Å². The Hall–Kier alpha value is -1.65. The van der Waals surface area contributed by atoms with Crippen molar-refractivity contribution in [2.45, 2.75) is 20.5 Å². The molecule has 0 aliphatic heterocycles. The van der Waals surface area contributed by atoms with Crippen LogP contribution in [0.2, 0.25) is 0 Å². The van der Waals surface area contributed by atoms with Crippen LogP contribution < -0.4 is 5.73 Å². The fraction of sp³-hybridized carbons (Fsp3) is 0.438. The molecule has 4 nitrogen and oxygen atoms in total. The van der Waals surface area contributed by atoms with Crippen molar-refractivity contribution in [1.29, 1.82) is 0 Å². The third-order valence-corrected chi connectivity index (χ3v) is 2.92. The highest BCUT2D eigenvalue weighted by atomic mass is 16.5. The lowest BCUT2D eigenvalue weighted by Gasteiger charge is -2.09. The number of anilines is 1. The molecule has 0 saturated heterocycles. The molecule has 2 N–H and O–H groups in total. The molecule has 0 aliphatic carbocycles. The molecule has 108 valence electrons. The van der Waals surface area contributed by atoms with E-state index in [4.69, 9.17) is 15.2 Å². The summed E-state index contributed by atoms with van der Waals surface area (Å²) >= 11 is 0. The molecule has 0 bridgehead atoms. The van der Waals surface area contributed by atoms with E-state index in [1.54, 1.807) is 0 Å². The highest BCUT2D eigenvalue weighted by Gasteiger charge is 2.04. The maximum Gasteiger partial charge on any atom is 0.129 e. The van der Waals surface area contributed by atoms with Crippen molar-refractivity contribution in [1.82, 2.24) is 4.98 Å². The van der Waals surface area contributed by atoms with E-state index < -0.39 is 0 Å². The number of ether oxygens (including phenoxy) is 2. The third-order valence-electron chi connectivity index (χ3n) is 2.92. The summed E-state index contributed by atoms with van der Waals surface area (Å²) in [7, 11) is 0. The Kier molecular flexibility index (Phi) is 5.32. The van der Waals surface area contributed by atoms with Gasteiger partial charge in [0.2, 0.25) is 0 Å². The average Bonchev–Trinajstić information content (AvgIpc) is 2.42. The summed E-state index contributed by atoms with van der Waals surface area (Å²) < 4.78 is 11.0. The summed E-state index contributed by atoms with van der Waals surface area (Å²) in [5.41, 5.74) is 7.78. The molecule has 0 atom stereocenters. The monoisotopic (exact) mass is 274 g/mol. The first kappa shape index (κ1) is 14.8. The van der Waals surface area contributed by atoms with Crippen molar-refractivity contribution >= 4 is 16.7 Å². The van der Waals surface area contributed by atoms with Crippen molar-refractivity contribution in [3.63, 3.8) is 0 Å². The summed E-state index contributed by atoms with van der Waals surface area (Å²) in [5.74, 6) is 1.09. The number of nitrogens with two attached hydrogens (primary N) is 1. The first-order chi connectivity index (χ1) is 9.66. The van der Waals surface area contributed by atoms with Gasteiger partial charge in [0.25, 0.3) is 0 Å². The predicted octanol–water partition coefficient (Wildman–Crippen LogP) is 3.01. The number of pyridine rings is 1. The molecule has 0 radical (unpaired) electrons. The molecule has 0 fully saturated rings.